The molecule has 6 nitrogen and oxygen atoms in total. The van der Waals surface area contributed by atoms with Gasteiger partial charge in [0.15, 0.2) is 11.7 Å². The molecule has 0 radical (unpaired) electrons. The highest BCUT2D eigenvalue weighted by Gasteiger charge is 2.33. The molecule has 0 aliphatic carbocycles. The normalized spacial score (nSPS) is 11.6. The van der Waals surface area contributed by atoms with Crippen LogP contribution in [-0.4, -0.2) is 37.1 Å². The van der Waals surface area contributed by atoms with Gasteiger partial charge >= 0.3 is 12.1 Å². The van der Waals surface area contributed by atoms with Gasteiger partial charge in [-0.1, -0.05) is 12.1 Å². The molecule has 1 heterocycles. The fraction of sp³-hybridized carbons (Fsp3) is 0.389. The molecule has 0 unspecified atom stereocenters. The topological polar surface area (TPSA) is 75.6 Å². The zero-order valence-corrected chi connectivity index (χ0v) is 19.0. The molecule has 0 fully saturated rings. The van der Waals surface area contributed by atoms with Crippen LogP contribution in [0.1, 0.15) is 33.5 Å². The molecule has 29 heavy (non-hydrogen) atoms. The lowest BCUT2D eigenvalue weighted by molar-refractivity contribution is -0.140. The van der Waals surface area contributed by atoms with Gasteiger partial charge in [0.2, 0.25) is 0 Å². The Hall–Kier alpha value is -1.89. The molecule has 0 atom stereocenters. The first kappa shape index (κ1) is 25.1. The van der Waals surface area contributed by atoms with Crippen molar-refractivity contribution in [3.63, 3.8) is 0 Å². The SMILES string of the molecule is CCNC(=NCc1nc(C(F)(F)F)cs1)NCCc1ccc(C(=O)OC)cc1.I. The summed E-state index contributed by atoms with van der Waals surface area (Å²) in [5.41, 5.74) is 0.609. The minimum atomic E-state index is -4.44. The average molecular weight is 542 g/mol. The van der Waals surface area contributed by atoms with Crippen LogP contribution in [0.2, 0.25) is 0 Å². The maximum absolute atomic E-state index is 12.6. The number of nitrogens with zero attached hydrogens (tertiary/aromatic N) is 2. The van der Waals surface area contributed by atoms with Gasteiger partial charge in [-0.2, -0.15) is 13.2 Å². The number of aromatic nitrogens is 1. The van der Waals surface area contributed by atoms with E-state index >= 15 is 0 Å². The molecule has 1 aromatic carbocycles. The van der Waals surface area contributed by atoms with Crippen LogP contribution >= 0.6 is 35.3 Å². The Kier molecular flexibility index (Phi) is 10.4. The second kappa shape index (κ2) is 12.0. The summed E-state index contributed by atoms with van der Waals surface area (Å²) in [7, 11) is 1.33. The van der Waals surface area contributed by atoms with Crippen LogP contribution < -0.4 is 10.6 Å². The molecular weight excluding hydrogens is 520 g/mol. The second-order valence-corrected chi connectivity index (χ2v) is 6.63. The Morgan fingerprint density at radius 1 is 1.24 bits per heavy atom. The molecule has 2 aromatic rings. The third-order valence-corrected chi connectivity index (χ3v) is 4.47. The minimum Gasteiger partial charge on any atom is -0.465 e. The second-order valence-electron chi connectivity index (χ2n) is 5.68. The van der Waals surface area contributed by atoms with Crippen molar-refractivity contribution in [3.8, 4) is 0 Å². The standard InChI is InChI=1S/C18H21F3N4O2S.HI/c1-3-22-17(24-10-15-25-14(11-28-15)18(19,20)21)23-9-8-12-4-6-13(7-5-12)16(26)27-2;/h4-7,11H,3,8-10H2,1-2H3,(H2,22,23,24);1H. The summed E-state index contributed by atoms with van der Waals surface area (Å²) in [6, 6.07) is 7.07. The number of carbonyl (C=O) groups is 1. The number of esters is 1. The van der Waals surface area contributed by atoms with Crippen molar-refractivity contribution in [2.45, 2.75) is 26.1 Å². The zero-order valence-electron chi connectivity index (χ0n) is 15.9. The van der Waals surface area contributed by atoms with Gasteiger partial charge in [-0.05, 0) is 31.0 Å². The molecule has 2 N–H and O–H groups in total. The van der Waals surface area contributed by atoms with Crippen LogP contribution in [0.5, 0.6) is 0 Å². The van der Waals surface area contributed by atoms with Crippen LogP contribution in [0.25, 0.3) is 0 Å². The number of hydrogen-bond donors (Lipinski definition) is 2. The summed E-state index contributed by atoms with van der Waals surface area (Å²) >= 11 is 0.931. The Balaban J connectivity index is 0.00000420. The van der Waals surface area contributed by atoms with E-state index in [4.69, 9.17) is 0 Å². The lowest BCUT2D eigenvalue weighted by Gasteiger charge is -2.11. The zero-order chi connectivity index (χ0) is 20.6. The van der Waals surface area contributed by atoms with Crippen molar-refractivity contribution in [3.05, 3.63) is 51.5 Å². The number of halogens is 4. The van der Waals surface area contributed by atoms with Gasteiger partial charge in [-0.15, -0.1) is 35.3 Å². The third kappa shape index (κ3) is 8.17. The number of methoxy groups -OCH3 is 1. The number of rotatable bonds is 7. The molecule has 1 aromatic heterocycles. The first-order chi connectivity index (χ1) is 13.3. The smallest absolute Gasteiger partial charge is 0.434 e. The predicted molar refractivity (Wildman–Crippen MR) is 117 cm³/mol. The third-order valence-electron chi connectivity index (χ3n) is 3.64. The Morgan fingerprint density at radius 2 is 1.93 bits per heavy atom. The average Bonchev–Trinajstić information content (AvgIpc) is 3.15. The van der Waals surface area contributed by atoms with Crippen molar-refractivity contribution in [2.75, 3.05) is 20.2 Å². The molecule has 0 spiro atoms. The van der Waals surface area contributed by atoms with E-state index in [-0.39, 0.29) is 36.5 Å². The number of ether oxygens (including phenoxy) is 1. The van der Waals surface area contributed by atoms with Gasteiger partial charge in [0.25, 0.3) is 0 Å². The maximum atomic E-state index is 12.6. The summed E-state index contributed by atoms with van der Waals surface area (Å²) in [6.45, 7) is 3.14. The number of thiazole rings is 1. The van der Waals surface area contributed by atoms with E-state index in [2.05, 4.69) is 25.3 Å². The Labute approximate surface area is 188 Å². The van der Waals surface area contributed by atoms with Crippen LogP contribution in [0.15, 0.2) is 34.6 Å². The van der Waals surface area contributed by atoms with Gasteiger partial charge < -0.3 is 15.4 Å². The number of benzene rings is 1. The van der Waals surface area contributed by atoms with E-state index < -0.39 is 11.9 Å². The molecule has 160 valence electrons. The molecule has 2 rings (SSSR count). The van der Waals surface area contributed by atoms with Crippen molar-refractivity contribution in [1.29, 1.82) is 0 Å². The van der Waals surface area contributed by atoms with Crippen molar-refractivity contribution in [2.24, 2.45) is 4.99 Å². The number of nitrogens with one attached hydrogen (secondary N) is 2. The van der Waals surface area contributed by atoms with Crippen molar-refractivity contribution in [1.82, 2.24) is 15.6 Å². The molecule has 0 saturated heterocycles. The lowest BCUT2D eigenvalue weighted by atomic mass is 10.1. The first-order valence-electron chi connectivity index (χ1n) is 8.54. The van der Waals surface area contributed by atoms with E-state index in [0.717, 1.165) is 22.3 Å². The quantitative estimate of drug-likeness (QED) is 0.241. The van der Waals surface area contributed by atoms with Gasteiger partial charge in [-0.25, -0.2) is 14.8 Å². The molecule has 0 bridgehead atoms. The number of carbonyl (C=O) groups excluding carboxylic acids is 1. The van der Waals surface area contributed by atoms with Crippen molar-refractivity contribution >= 4 is 47.2 Å². The molecule has 0 aliphatic heterocycles. The van der Waals surface area contributed by atoms with Gasteiger partial charge in [-0.3, -0.25) is 0 Å². The summed E-state index contributed by atoms with van der Waals surface area (Å²) in [4.78, 5) is 19.3. The van der Waals surface area contributed by atoms with E-state index in [1.807, 2.05) is 19.1 Å². The highest BCUT2D eigenvalue weighted by atomic mass is 127. The highest BCUT2D eigenvalue weighted by Crippen LogP contribution is 2.30. The maximum Gasteiger partial charge on any atom is 0.434 e. The van der Waals surface area contributed by atoms with Crippen LogP contribution in [0, 0.1) is 0 Å². The first-order valence-corrected chi connectivity index (χ1v) is 9.42. The molecule has 0 amide bonds. The van der Waals surface area contributed by atoms with Crippen LogP contribution in [-0.2, 0) is 23.9 Å². The van der Waals surface area contributed by atoms with E-state index in [0.29, 0.717) is 36.0 Å². The molecule has 11 heteroatoms. The minimum absolute atomic E-state index is 0. The molecular formula is C18H22F3IN4O2S. The predicted octanol–water partition coefficient (Wildman–Crippen LogP) is 3.86. The largest absolute Gasteiger partial charge is 0.465 e. The van der Waals surface area contributed by atoms with E-state index in [9.17, 15) is 18.0 Å². The van der Waals surface area contributed by atoms with E-state index in [1.54, 1.807) is 12.1 Å². The van der Waals surface area contributed by atoms with Gasteiger partial charge in [0.1, 0.15) is 5.01 Å². The Morgan fingerprint density at radius 3 is 2.48 bits per heavy atom. The molecule has 0 aliphatic rings. The van der Waals surface area contributed by atoms with Crippen molar-refractivity contribution < 1.29 is 22.7 Å². The van der Waals surface area contributed by atoms with Gasteiger partial charge in [0, 0.05) is 18.5 Å². The monoisotopic (exact) mass is 542 g/mol. The highest BCUT2D eigenvalue weighted by molar-refractivity contribution is 14.0. The number of guanidine groups is 1. The number of hydrogen-bond acceptors (Lipinski definition) is 5. The Bertz CT molecular complexity index is 810. The fourth-order valence-electron chi connectivity index (χ4n) is 2.25. The van der Waals surface area contributed by atoms with Gasteiger partial charge in [0.05, 0.1) is 19.2 Å². The molecule has 0 saturated carbocycles. The lowest BCUT2D eigenvalue weighted by Crippen LogP contribution is -2.38. The number of alkyl halides is 3. The summed E-state index contributed by atoms with van der Waals surface area (Å²) in [5, 5.41) is 7.45. The summed E-state index contributed by atoms with van der Waals surface area (Å²) < 4.78 is 42.4. The fourth-order valence-corrected chi connectivity index (χ4v) is 2.98. The van der Waals surface area contributed by atoms with Crippen LogP contribution in [0.4, 0.5) is 13.2 Å². The van der Waals surface area contributed by atoms with E-state index in [1.165, 1.54) is 7.11 Å². The number of aliphatic imine (C=N–C) groups is 1. The summed E-state index contributed by atoms with van der Waals surface area (Å²) in [6.07, 6.45) is -3.76. The summed E-state index contributed by atoms with van der Waals surface area (Å²) in [5.74, 6) is 0.111. The van der Waals surface area contributed by atoms with Crippen LogP contribution in [0.3, 0.4) is 0 Å².